The first-order chi connectivity index (χ1) is 10.5. The highest BCUT2D eigenvalue weighted by molar-refractivity contribution is 7.92. The van der Waals surface area contributed by atoms with Crippen LogP contribution in [0.4, 0.5) is 0 Å². The summed E-state index contributed by atoms with van der Waals surface area (Å²) in [5, 5.41) is 3.91. The lowest BCUT2D eigenvalue weighted by Gasteiger charge is -2.14. The van der Waals surface area contributed by atoms with Crippen LogP contribution in [-0.4, -0.2) is 36.7 Å². The van der Waals surface area contributed by atoms with Crippen LogP contribution >= 0.6 is 11.6 Å². The summed E-state index contributed by atoms with van der Waals surface area (Å²) in [6.45, 7) is 0. The largest absolute Gasteiger partial charge is 0.381 e. The second-order valence-electron chi connectivity index (χ2n) is 5.40. The molecule has 0 radical (unpaired) electrons. The molecular weight excluding hydrogens is 324 g/mol. The maximum Gasteiger partial charge on any atom is 0.182 e. The number of halogens is 1. The number of aromatic nitrogens is 2. The van der Waals surface area contributed by atoms with Gasteiger partial charge in [0.25, 0.3) is 0 Å². The Morgan fingerprint density at radius 3 is 2.77 bits per heavy atom. The van der Waals surface area contributed by atoms with E-state index < -0.39 is 15.1 Å². The van der Waals surface area contributed by atoms with Gasteiger partial charge in [-0.1, -0.05) is 11.6 Å². The molecule has 0 amide bonds. The quantitative estimate of drug-likeness (QED) is 0.858. The summed E-state index contributed by atoms with van der Waals surface area (Å²) in [6, 6.07) is 6.70. The molecule has 0 N–H and O–H groups in total. The molecule has 7 heteroatoms. The minimum absolute atomic E-state index is 0.0156. The summed E-state index contributed by atoms with van der Waals surface area (Å²) in [7, 11) is -1.82. The van der Waals surface area contributed by atoms with Crippen molar-refractivity contribution in [3.63, 3.8) is 0 Å². The second kappa shape index (κ2) is 6.02. The van der Waals surface area contributed by atoms with Crippen LogP contribution in [-0.2, 0) is 14.6 Å². The predicted octanol–water partition coefficient (Wildman–Crippen LogP) is 2.87. The molecule has 0 saturated heterocycles. The average molecular weight is 341 g/mol. The molecule has 1 aliphatic rings. The van der Waals surface area contributed by atoms with Crippen molar-refractivity contribution >= 4 is 21.4 Å². The maximum absolute atomic E-state index is 12.8. The van der Waals surface area contributed by atoms with Gasteiger partial charge in [-0.25, -0.2) is 13.1 Å². The van der Waals surface area contributed by atoms with Crippen LogP contribution < -0.4 is 0 Å². The van der Waals surface area contributed by atoms with Crippen LogP contribution in [0.5, 0.6) is 0 Å². The van der Waals surface area contributed by atoms with Gasteiger partial charge in [0, 0.05) is 19.5 Å². The van der Waals surface area contributed by atoms with Crippen molar-refractivity contribution in [3.8, 4) is 5.69 Å². The predicted molar refractivity (Wildman–Crippen MR) is 84.2 cm³/mol. The van der Waals surface area contributed by atoms with Gasteiger partial charge in [-0.3, -0.25) is 0 Å². The summed E-state index contributed by atoms with van der Waals surface area (Å²) in [5.74, 6) is 0. The summed E-state index contributed by atoms with van der Waals surface area (Å²) in [5.41, 5.74) is 0.732. The van der Waals surface area contributed by atoms with E-state index in [1.807, 2.05) is 0 Å². The first-order valence-corrected chi connectivity index (χ1v) is 9.01. The number of hydrogen-bond donors (Lipinski definition) is 0. The van der Waals surface area contributed by atoms with Gasteiger partial charge in [0.2, 0.25) is 0 Å². The lowest BCUT2D eigenvalue weighted by Crippen LogP contribution is -2.20. The van der Waals surface area contributed by atoms with Gasteiger partial charge in [-0.05, 0) is 43.5 Å². The summed E-state index contributed by atoms with van der Waals surface area (Å²) in [6.07, 6.45) is 5.35. The molecular formula is C15H17ClN2O3S. The highest BCUT2D eigenvalue weighted by Crippen LogP contribution is 2.34. The van der Waals surface area contributed by atoms with E-state index in [0.717, 1.165) is 12.1 Å². The van der Waals surface area contributed by atoms with Crippen molar-refractivity contribution in [1.29, 1.82) is 0 Å². The molecule has 0 bridgehead atoms. The standard InChI is InChI=1S/C15H17ClN2O3S/c1-21-12-4-5-13(10-12)22(19,20)15-6-3-11(9-14(15)16)18-8-2-7-17-18/h2-3,6-9,12-13H,4-5,10H2,1H3/t12-,13-/m0/s1. The highest BCUT2D eigenvalue weighted by atomic mass is 35.5. The van der Waals surface area contributed by atoms with Crippen LogP contribution in [0.25, 0.3) is 5.69 Å². The van der Waals surface area contributed by atoms with Crippen molar-refractivity contribution in [2.24, 2.45) is 0 Å². The molecule has 0 unspecified atom stereocenters. The number of methoxy groups -OCH3 is 1. The number of hydrogen-bond acceptors (Lipinski definition) is 4. The van der Waals surface area contributed by atoms with E-state index >= 15 is 0 Å². The summed E-state index contributed by atoms with van der Waals surface area (Å²) < 4.78 is 32.4. The zero-order valence-electron chi connectivity index (χ0n) is 12.1. The smallest absolute Gasteiger partial charge is 0.182 e. The molecule has 1 aromatic heterocycles. The Labute approximate surface area is 134 Å². The monoisotopic (exact) mass is 340 g/mol. The van der Waals surface area contributed by atoms with Crippen molar-refractivity contribution in [1.82, 2.24) is 9.78 Å². The molecule has 1 aliphatic carbocycles. The third kappa shape index (κ3) is 2.78. The molecule has 2 aromatic rings. The van der Waals surface area contributed by atoms with Crippen LogP contribution in [0.3, 0.4) is 0 Å². The summed E-state index contributed by atoms with van der Waals surface area (Å²) in [4.78, 5) is 0.187. The highest BCUT2D eigenvalue weighted by Gasteiger charge is 2.36. The number of ether oxygens (including phenoxy) is 1. The Balaban J connectivity index is 1.91. The minimum atomic E-state index is -3.44. The van der Waals surface area contributed by atoms with Crippen molar-refractivity contribution in [2.45, 2.75) is 35.5 Å². The van der Waals surface area contributed by atoms with E-state index in [1.54, 1.807) is 48.5 Å². The van der Waals surface area contributed by atoms with Crippen molar-refractivity contribution in [3.05, 3.63) is 41.7 Å². The lowest BCUT2D eigenvalue weighted by molar-refractivity contribution is 0.109. The van der Waals surface area contributed by atoms with Gasteiger partial charge >= 0.3 is 0 Å². The van der Waals surface area contributed by atoms with Crippen molar-refractivity contribution in [2.75, 3.05) is 7.11 Å². The molecule has 1 saturated carbocycles. The van der Waals surface area contributed by atoms with E-state index in [4.69, 9.17) is 16.3 Å². The molecule has 0 aliphatic heterocycles. The van der Waals surface area contributed by atoms with E-state index in [9.17, 15) is 8.42 Å². The Kier molecular flexibility index (Phi) is 4.25. The van der Waals surface area contributed by atoms with Crippen LogP contribution in [0.1, 0.15) is 19.3 Å². The third-order valence-corrected chi connectivity index (χ3v) is 6.80. The molecule has 2 atom stereocenters. The maximum atomic E-state index is 12.8. The fourth-order valence-corrected chi connectivity index (χ4v) is 5.22. The van der Waals surface area contributed by atoms with Crippen LogP contribution in [0.2, 0.25) is 5.02 Å². The van der Waals surface area contributed by atoms with E-state index in [1.165, 1.54) is 0 Å². The van der Waals surface area contributed by atoms with Gasteiger partial charge in [0.1, 0.15) is 0 Å². The molecule has 22 heavy (non-hydrogen) atoms. The molecule has 118 valence electrons. The topological polar surface area (TPSA) is 61.2 Å². The number of nitrogens with zero attached hydrogens (tertiary/aromatic N) is 2. The zero-order valence-corrected chi connectivity index (χ0v) is 13.7. The first-order valence-electron chi connectivity index (χ1n) is 7.08. The number of benzene rings is 1. The molecule has 0 spiro atoms. The van der Waals surface area contributed by atoms with Gasteiger partial charge in [-0.2, -0.15) is 5.10 Å². The molecule has 1 heterocycles. The number of sulfone groups is 1. The van der Waals surface area contributed by atoms with Crippen molar-refractivity contribution < 1.29 is 13.2 Å². The first kappa shape index (κ1) is 15.5. The normalized spacial score (nSPS) is 22.1. The molecule has 3 rings (SSSR count). The Bertz CT molecular complexity index is 759. The van der Waals surface area contributed by atoms with Gasteiger partial charge in [-0.15, -0.1) is 0 Å². The van der Waals surface area contributed by atoms with E-state index in [-0.39, 0.29) is 16.0 Å². The Morgan fingerprint density at radius 2 is 2.18 bits per heavy atom. The molecule has 1 fully saturated rings. The average Bonchev–Trinajstić information content (AvgIpc) is 3.18. The Morgan fingerprint density at radius 1 is 1.36 bits per heavy atom. The fourth-order valence-electron chi connectivity index (χ4n) is 2.86. The molecule has 5 nitrogen and oxygen atoms in total. The van der Waals surface area contributed by atoms with Gasteiger partial charge < -0.3 is 4.74 Å². The second-order valence-corrected chi connectivity index (χ2v) is 8.01. The fraction of sp³-hybridized carbons (Fsp3) is 0.400. The van der Waals surface area contributed by atoms with Gasteiger partial charge in [0.05, 0.1) is 27.0 Å². The number of rotatable bonds is 4. The summed E-state index contributed by atoms with van der Waals surface area (Å²) >= 11 is 6.23. The van der Waals surface area contributed by atoms with Crippen LogP contribution in [0, 0.1) is 0 Å². The van der Waals surface area contributed by atoms with E-state index in [0.29, 0.717) is 12.8 Å². The third-order valence-electron chi connectivity index (χ3n) is 4.10. The zero-order chi connectivity index (χ0) is 15.7. The Hall–Kier alpha value is -1.37. The lowest BCUT2D eigenvalue weighted by atomic mass is 10.3. The van der Waals surface area contributed by atoms with E-state index in [2.05, 4.69) is 5.10 Å². The molecule has 1 aromatic carbocycles. The minimum Gasteiger partial charge on any atom is -0.381 e. The van der Waals surface area contributed by atoms with Crippen LogP contribution in [0.15, 0.2) is 41.6 Å². The SMILES string of the molecule is CO[C@H]1CC[C@H](S(=O)(=O)c2ccc(-n3cccn3)cc2Cl)C1. The van der Waals surface area contributed by atoms with Gasteiger partial charge in [0.15, 0.2) is 9.84 Å².